The Morgan fingerprint density at radius 1 is 1.00 bits per heavy atom. The Morgan fingerprint density at radius 3 is 2.00 bits per heavy atom. The van der Waals surface area contributed by atoms with E-state index in [9.17, 15) is 10.1 Å². The standard InChI is InChI=1S/C24H26ClN3OS2/c25-13-11-22(29)27-14-16-28(17-15-27)23(30)31-18-12-24(19-26,20-7-3-1-4-8-20)21-9-5-2-6-10-21/h1-10H,11-18H2. The van der Waals surface area contributed by atoms with Crippen LogP contribution in [0.25, 0.3) is 0 Å². The fourth-order valence-corrected chi connectivity index (χ4v) is 5.39. The third-order valence-electron chi connectivity index (χ3n) is 5.63. The Balaban J connectivity index is 1.62. The molecule has 1 saturated heterocycles. The van der Waals surface area contributed by atoms with Crippen LogP contribution in [0.1, 0.15) is 24.0 Å². The fourth-order valence-electron chi connectivity index (χ4n) is 3.85. The summed E-state index contributed by atoms with van der Waals surface area (Å²) in [4.78, 5) is 16.0. The van der Waals surface area contributed by atoms with Gasteiger partial charge < -0.3 is 9.80 Å². The molecule has 0 bridgehead atoms. The van der Waals surface area contributed by atoms with E-state index in [1.165, 1.54) is 0 Å². The number of carbonyl (C=O) groups is 1. The molecule has 0 radical (unpaired) electrons. The van der Waals surface area contributed by atoms with Gasteiger partial charge >= 0.3 is 0 Å². The van der Waals surface area contributed by atoms with Gasteiger partial charge in [-0.1, -0.05) is 84.6 Å². The highest BCUT2D eigenvalue weighted by molar-refractivity contribution is 8.22. The van der Waals surface area contributed by atoms with Crippen molar-refractivity contribution in [2.75, 3.05) is 37.8 Å². The predicted molar refractivity (Wildman–Crippen MR) is 132 cm³/mol. The minimum Gasteiger partial charge on any atom is -0.354 e. The molecule has 162 valence electrons. The maximum atomic E-state index is 12.0. The maximum Gasteiger partial charge on any atom is 0.223 e. The molecule has 2 aromatic carbocycles. The van der Waals surface area contributed by atoms with E-state index in [2.05, 4.69) is 11.0 Å². The molecule has 3 rings (SSSR count). The zero-order chi connectivity index (χ0) is 22.1. The summed E-state index contributed by atoms with van der Waals surface area (Å²) in [5.41, 5.74) is 1.29. The van der Waals surface area contributed by atoms with Gasteiger partial charge in [0.1, 0.15) is 9.74 Å². The van der Waals surface area contributed by atoms with Crippen LogP contribution < -0.4 is 0 Å². The Labute approximate surface area is 199 Å². The van der Waals surface area contributed by atoms with Crippen LogP contribution in [0.2, 0.25) is 0 Å². The number of piperazine rings is 1. The van der Waals surface area contributed by atoms with E-state index in [1.807, 2.05) is 65.6 Å². The molecular weight excluding hydrogens is 446 g/mol. The summed E-state index contributed by atoms with van der Waals surface area (Å²) in [6.45, 7) is 2.82. The number of nitrogens with zero attached hydrogens (tertiary/aromatic N) is 3. The number of thioether (sulfide) groups is 1. The molecule has 1 fully saturated rings. The third kappa shape index (κ3) is 5.79. The first-order chi connectivity index (χ1) is 15.1. The van der Waals surface area contributed by atoms with Crippen molar-refractivity contribution >= 4 is 45.8 Å². The molecule has 0 N–H and O–H groups in total. The van der Waals surface area contributed by atoms with Crippen molar-refractivity contribution in [3.05, 3.63) is 71.8 Å². The molecular formula is C24H26ClN3OS2. The van der Waals surface area contributed by atoms with Crippen molar-refractivity contribution in [2.24, 2.45) is 0 Å². The van der Waals surface area contributed by atoms with Gasteiger partial charge in [-0.3, -0.25) is 4.79 Å². The van der Waals surface area contributed by atoms with E-state index in [0.717, 1.165) is 34.3 Å². The number of benzene rings is 2. The quantitative estimate of drug-likeness (QED) is 0.433. The number of hydrogen-bond acceptors (Lipinski definition) is 4. The van der Waals surface area contributed by atoms with Gasteiger partial charge in [-0.05, 0) is 17.5 Å². The van der Waals surface area contributed by atoms with Crippen molar-refractivity contribution in [3.8, 4) is 6.07 Å². The molecule has 0 spiro atoms. The molecule has 4 nitrogen and oxygen atoms in total. The lowest BCUT2D eigenvalue weighted by Crippen LogP contribution is -2.49. The van der Waals surface area contributed by atoms with Gasteiger partial charge in [0, 0.05) is 44.2 Å². The highest BCUT2D eigenvalue weighted by atomic mass is 35.5. The lowest BCUT2D eigenvalue weighted by Gasteiger charge is -2.36. The summed E-state index contributed by atoms with van der Waals surface area (Å²) in [7, 11) is 0. The number of halogens is 1. The lowest BCUT2D eigenvalue weighted by atomic mass is 9.74. The summed E-state index contributed by atoms with van der Waals surface area (Å²) < 4.78 is 0.831. The monoisotopic (exact) mass is 471 g/mol. The Kier molecular flexibility index (Phi) is 8.77. The molecule has 0 unspecified atom stereocenters. The van der Waals surface area contributed by atoms with Crippen molar-refractivity contribution in [2.45, 2.75) is 18.3 Å². The largest absolute Gasteiger partial charge is 0.354 e. The summed E-state index contributed by atoms with van der Waals surface area (Å²) in [5, 5.41) is 10.3. The molecule has 2 aromatic rings. The lowest BCUT2D eigenvalue weighted by molar-refractivity contribution is -0.131. The van der Waals surface area contributed by atoms with E-state index in [1.54, 1.807) is 11.8 Å². The molecule has 7 heteroatoms. The van der Waals surface area contributed by atoms with Gasteiger partial charge in [0.05, 0.1) is 6.07 Å². The number of hydrogen-bond donors (Lipinski definition) is 0. The predicted octanol–water partition coefficient (Wildman–Crippen LogP) is 4.68. The van der Waals surface area contributed by atoms with E-state index in [0.29, 0.717) is 31.8 Å². The molecule has 0 saturated carbocycles. The van der Waals surface area contributed by atoms with Crippen molar-refractivity contribution in [1.29, 1.82) is 5.26 Å². The summed E-state index contributed by atoms with van der Waals surface area (Å²) >= 11 is 13.0. The minimum atomic E-state index is -0.711. The summed E-state index contributed by atoms with van der Waals surface area (Å²) in [6.07, 6.45) is 1.05. The Morgan fingerprint density at radius 2 is 1.52 bits per heavy atom. The number of alkyl halides is 1. The normalized spacial score (nSPS) is 14.2. The van der Waals surface area contributed by atoms with Crippen molar-refractivity contribution in [1.82, 2.24) is 9.80 Å². The van der Waals surface area contributed by atoms with Crippen molar-refractivity contribution in [3.63, 3.8) is 0 Å². The van der Waals surface area contributed by atoms with Gasteiger partial charge in [-0.15, -0.1) is 11.6 Å². The van der Waals surface area contributed by atoms with Gasteiger partial charge in [-0.25, -0.2) is 0 Å². The highest BCUT2D eigenvalue weighted by Gasteiger charge is 2.34. The van der Waals surface area contributed by atoms with E-state index in [4.69, 9.17) is 23.8 Å². The number of carbonyl (C=O) groups excluding carboxylic acids is 1. The van der Waals surface area contributed by atoms with Crippen LogP contribution in [0.5, 0.6) is 0 Å². The fraction of sp³-hybridized carbons (Fsp3) is 0.375. The zero-order valence-electron chi connectivity index (χ0n) is 17.4. The van der Waals surface area contributed by atoms with Crippen LogP contribution in [-0.2, 0) is 10.2 Å². The van der Waals surface area contributed by atoms with Gasteiger partial charge in [0.2, 0.25) is 5.91 Å². The van der Waals surface area contributed by atoms with Gasteiger partial charge in [0.15, 0.2) is 0 Å². The van der Waals surface area contributed by atoms with Crippen LogP contribution in [0.3, 0.4) is 0 Å². The zero-order valence-corrected chi connectivity index (χ0v) is 19.8. The van der Waals surface area contributed by atoms with E-state index >= 15 is 0 Å². The smallest absolute Gasteiger partial charge is 0.223 e. The van der Waals surface area contributed by atoms with Crippen LogP contribution in [-0.4, -0.2) is 57.8 Å². The molecule has 31 heavy (non-hydrogen) atoms. The Hall–Kier alpha value is -2.07. The third-order valence-corrected chi connectivity index (χ3v) is 7.34. The second-order valence-corrected chi connectivity index (χ2v) is 9.53. The molecule has 0 atom stereocenters. The molecule has 1 heterocycles. The highest BCUT2D eigenvalue weighted by Crippen LogP contribution is 2.36. The van der Waals surface area contributed by atoms with Crippen LogP contribution in [0.4, 0.5) is 0 Å². The van der Waals surface area contributed by atoms with Gasteiger partial charge in [0.25, 0.3) is 0 Å². The first kappa shape index (κ1) is 23.6. The average molecular weight is 472 g/mol. The molecule has 0 aliphatic carbocycles. The number of amides is 1. The first-order valence-corrected chi connectivity index (χ1v) is 12.3. The number of nitriles is 1. The summed E-state index contributed by atoms with van der Waals surface area (Å²) in [5.74, 6) is 1.20. The van der Waals surface area contributed by atoms with E-state index in [-0.39, 0.29) is 5.91 Å². The first-order valence-electron chi connectivity index (χ1n) is 10.4. The van der Waals surface area contributed by atoms with E-state index < -0.39 is 5.41 Å². The van der Waals surface area contributed by atoms with Crippen LogP contribution in [0, 0.1) is 11.3 Å². The van der Waals surface area contributed by atoms with Crippen LogP contribution >= 0.6 is 35.6 Å². The molecule has 1 amide bonds. The molecule has 1 aliphatic heterocycles. The topological polar surface area (TPSA) is 47.3 Å². The number of rotatable bonds is 7. The van der Waals surface area contributed by atoms with Crippen LogP contribution in [0.15, 0.2) is 60.7 Å². The second kappa shape index (κ2) is 11.5. The minimum absolute atomic E-state index is 0.109. The molecule has 0 aromatic heterocycles. The number of thiocarbonyl (C=S) groups is 1. The maximum absolute atomic E-state index is 12.0. The average Bonchev–Trinajstić information content (AvgIpc) is 2.83. The summed E-state index contributed by atoms with van der Waals surface area (Å²) in [6, 6.07) is 22.6. The Bertz CT molecular complexity index is 870. The molecule has 1 aliphatic rings. The SMILES string of the molecule is N#CC(CCSC(=S)N1CCN(C(=O)CCCl)CC1)(c1ccccc1)c1ccccc1. The second-order valence-electron chi connectivity index (χ2n) is 7.42. The van der Waals surface area contributed by atoms with Crippen molar-refractivity contribution < 1.29 is 4.79 Å². The van der Waals surface area contributed by atoms with Gasteiger partial charge in [-0.2, -0.15) is 5.26 Å².